The molecule has 2 aliphatic heterocycles. The highest BCUT2D eigenvalue weighted by atomic mass is 32.2. The van der Waals surface area contributed by atoms with Crippen molar-refractivity contribution in [1.82, 2.24) is 9.88 Å². The third-order valence-corrected chi connectivity index (χ3v) is 10.7. The second-order valence-electron chi connectivity index (χ2n) is 9.64. The van der Waals surface area contributed by atoms with Gasteiger partial charge < -0.3 is 10.1 Å². The second-order valence-corrected chi connectivity index (χ2v) is 11.8. The SMILES string of the molecule is Cc1ccccc1[C@H]1c2sc(=O)[nH]c2S[C@H]2[C@@H]3C[C@H]([C@H]4C(=O)N(CCCC(=O)O)C(=O)[C@H]34)[C@@H]12. The van der Waals surface area contributed by atoms with Crippen molar-refractivity contribution in [2.24, 2.45) is 29.6 Å². The number of likely N-dealkylation sites (tertiary alicyclic amines) is 1. The summed E-state index contributed by atoms with van der Waals surface area (Å²) < 4.78 is 0. The van der Waals surface area contributed by atoms with Gasteiger partial charge in [0.15, 0.2) is 0 Å². The normalized spacial score (nSPS) is 33.8. The van der Waals surface area contributed by atoms with Gasteiger partial charge in [-0.25, -0.2) is 0 Å². The van der Waals surface area contributed by atoms with Gasteiger partial charge in [0, 0.05) is 29.0 Å². The Morgan fingerprint density at radius 1 is 1.15 bits per heavy atom. The van der Waals surface area contributed by atoms with Crippen molar-refractivity contribution < 1.29 is 19.5 Å². The number of aromatic nitrogens is 1. The number of hydrogen-bond donors (Lipinski definition) is 2. The topological polar surface area (TPSA) is 108 Å². The summed E-state index contributed by atoms with van der Waals surface area (Å²) in [5, 5.41) is 10.0. The molecule has 0 radical (unpaired) electrons. The minimum Gasteiger partial charge on any atom is -0.481 e. The van der Waals surface area contributed by atoms with E-state index in [1.807, 2.05) is 12.1 Å². The number of aliphatic carboxylic acids is 1. The van der Waals surface area contributed by atoms with Gasteiger partial charge in [0.05, 0.1) is 16.9 Å². The Balaban J connectivity index is 1.39. The van der Waals surface area contributed by atoms with Crippen LogP contribution in [0.1, 0.15) is 41.2 Å². The molecule has 9 heteroatoms. The third kappa shape index (κ3) is 3.01. The number of aryl methyl sites for hydroxylation is 1. The minimum atomic E-state index is -0.919. The molecule has 1 aromatic heterocycles. The number of nitrogens with one attached hydrogen (secondary N) is 1. The zero-order valence-electron chi connectivity index (χ0n) is 18.0. The molecular formula is C24H24N2O5S2. The van der Waals surface area contributed by atoms with Crippen LogP contribution in [-0.2, 0) is 14.4 Å². The summed E-state index contributed by atoms with van der Waals surface area (Å²) in [6, 6.07) is 8.26. The number of imide groups is 1. The Morgan fingerprint density at radius 3 is 2.61 bits per heavy atom. The fourth-order valence-electron chi connectivity index (χ4n) is 6.97. The van der Waals surface area contributed by atoms with Gasteiger partial charge in [-0.1, -0.05) is 35.6 Å². The van der Waals surface area contributed by atoms with E-state index >= 15 is 0 Å². The number of carboxylic acid groups (broad SMARTS) is 1. The predicted molar refractivity (Wildman–Crippen MR) is 123 cm³/mol. The largest absolute Gasteiger partial charge is 0.481 e. The first kappa shape index (κ1) is 21.2. The molecule has 172 valence electrons. The number of aromatic amines is 1. The molecule has 6 rings (SSSR count). The molecule has 3 fully saturated rings. The Morgan fingerprint density at radius 2 is 1.88 bits per heavy atom. The van der Waals surface area contributed by atoms with E-state index < -0.39 is 5.97 Å². The van der Waals surface area contributed by atoms with Crippen LogP contribution in [-0.4, -0.2) is 44.6 Å². The number of fused-ring (bicyclic) bond motifs is 9. The number of rotatable bonds is 5. The first-order valence-electron chi connectivity index (χ1n) is 11.4. The summed E-state index contributed by atoms with van der Waals surface area (Å²) in [6.07, 6.45) is 1.09. The quantitative estimate of drug-likeness (QED) is 0.632. The van der Waals surface area contributed by atoms with Gasteiger partial charge in [-0.05, 0) is 48.6 Å². The highest BCUT2D eigenvalue weighted by Gasteiger charge is 2.69. The van der Waals surface area contributed by atoms with Crippen LogP contribution in [0.2, 0.25) is 0 Å². The summed E-state index contributed by atoms with van der Waals surface area (Å²) in [5.41, 5.74) is 2.37. The van der Waals surface area contributed by atoms with Crippen molar-refractivity contribution in [3.63, 3.8) is 0 Å². The Kier molecular flexibility index (Phi) is 4.85. The lowest BCUT2D eigenvalue weighted by atomic mass is 9.67. The number of carbonyl (C=O) groups is 3. The van der Waals surface area contributed by atoms with E-state index in [0.29, 0.717) is 0 Å². The summed E-state index contributed by atoms with van der Waals surface area (Å²) >= 11 is 2.96. The zero-order valence-corrected chi connectivity index (χ0v) is 19.7. The first-order valence-corrected chi connectivity index (χ1v) is 13.1. The van der Waals surface area contributed by atoms with Crippen LogP contribution >= 0.6 is 23.1 Å². The summed E-state index contributed by atoms with van der Waals surface area (Å²) in [4.78, 5) is 55.2. The number of amides is 2. The monoisotopic (exact) mass is 484 g/mol. The second kappa shape index (κ2) is 7.56. The number of H-pyrrole nitrogens is 1. The lowest BCUT2D eigenvalue weighted by molar-refractivity contribution is -0.142. The van der Waals surface area contributed by atoms with Crippen LogP contribution in [0.25, 0.3) is 0 Å². The molecule has 3 heterocycles. The highest BCUT2D eigenvalue weighted by molar-refractivity contribution is 8.00. The van der Waals surface area contributed by atoms with Gasteiger partial charge in [0.25, 0.3) is 0 Å². The fourth-order valence-corrected chi connectivity index (χ4v) is 9.85. The number of benzene rings is 1. The highest BCUT2D eigenvalue weighted by Crippen LogP contribution is 2.68. The molecule has 7 nitrogen and oxygen atoms in total. The van der Waals surface area contributed by atoms with E-state index in [0.717, 1.165) is 16.3 Å². The summed E-state index contributed by atoms with van der Waals surface area (Å²) in [5.74, 6) is -1.39. The molecule has 7 atom stereocenters. The molecular weight excluding hydrogens is 460 g/mol. The van der Waals surface area contributed by atoms with Crippen LogP contribution < -0.4 is 4.87 Å². The Bertz CT molecular complexity index is 1240. The van der Waals surface area contributed by atoms with Gasteiger partial charge >= 0.3 is 10.8 Å². The standard InChI is InChI=1S/C24H24N2O5S2/c1-10-5-2-3-6-11(10)15-16-12-9-13(19(16)32-21-20(15)33-24(31)25-21)18-17(12)22(29)26(23(18)30)8-4-7-14(27)28/h2-3,5-6,12-13,15-19H,4,7-9H2,1H3,(H,25,31)(H,27,28)/t12-,13+,15+,16-,17+,18+,19-/m0/s1. The molecule has 1 aromatic carbocycles. The molecule has 2 aliphatic carbocycles. The smallest absolute Gasteiger partial charge is 0.305 e. The van der Waals surface area contributed by atoms with Crippen molar-refractivity contribution in [2.75, 3.05) is 6.54 Å². The molecule has 4 aliphatic rings. The van der Waals surface area contributed by atoms with Gasteiger partial charge in [0.2, 0.25) is 11.8 Å². The van der Waals surface area contributed by atoms with Gasteiger partial charge in [-0.2, -0.15) is 0 Å². The van der Waals surface area contributed by atoms with E-state index in [-0.39, 0.29) is 76.8 Å². The van der Waals surface area contributed by atoms with E-state index in [1.165, 1.54) is 27.4 Å². The molecule has 1 saturated heterocycles. The maximum Gasteiger partial charge on any atom is 0.305 e. The van der Waals surface area contributed by atoms with E-state index in [9.17, 15) is 19.2 Å². The van der Waals surface area contributed by atoms with Crippen LogP contribution in [0.4, 0.5) is 0 Å². The van der Waals surface area contributed by atoms with Crippen molar-refractivity contribution in [1.29, 1.82) is 0 Å². The van der Waals surface area contributed by atoms with E-state index in [2.05, 4.69) is 24.0 Å². The van der Waals surface area contributed by atoms with Crippen LogP contribution in [0.15, 0.2) is 34.1 Å². The first-order chi connectivity index (χ1) is 15.9. The lowest BCUT2D eigenvalue weighted by Crippen LogP contribution is -2.42. The molecule has 33 heavy (non-hydrogen) atoms. The zero-order chi connectivity index (χ0) is 23.0. The van der Waals surface area contributed by atoms with Crippen LogP contribution in [0, 0.1) is 36.5 Å². The molecule has 2 N–H and O–H groups in total. The van der Waals surface area contributed by atoms with E-state index in [4.69, 9.17) is 5.11 Å². The predicted octanol–water partition coefficient (Wildman–Crippen LogP) is 3.08. The van der Waals surface area contributed by atoms with Gasteiger partial charge in [-0.15, -0.1) is 11.8 Å². The van der Waals surface area contributed by atoms with Gasteiger partial charge in [-0.3, -0.25) is 24.1 Å². The van der Waals surface area contributed by atoms with E-state index in [1.54, 1.807) is 11.8 Å². The van der Waals surface area contributed by atoms with Crippen molar-refractivity contribution in [3.05, 3.63) is 49.9 Å². The number of thiazole rings is 1. The Labute approximate surface area is 198 Å². The minimum absolute atomic E-state index is 0.0383. The molecule has 0 spiro atoms. The maximum atomic E-state index is 13.4. The Hall–Kier alpha value is -2.39. The summed E-state index contributed by atoms with van der Waals surface area (Å²) in [7, 11) is 0. The van der Waals surface area contributed by atoms with Crippen LogP contribution in [0.5, 0.6) is 0 Å². The average Bonchev–Trinajstić information content (AvgIpc) is 3.49. The molecule has 2 aromatic rings. The molecule has 2 amide bonds. The van der Waals surface area contributed by atoms with Crippen molar-refractivity contribution >= 4 is 40.9 Å². The molecule has 2 saturated carbocycles. The summed E-state index contributed by atoms with van der Waals surface area (Å²) in [6.45, 7) is 2.27. The fraction of sp³-hybridized carbons (Fsp3) is 0.500. The third-order valence-electron chi connectivity index (χ3n) is 8.11. The van der Waals surface area contributed by atoms with Crippen LogP contribution in [0.3, 0.4) is 0 Å². The van der Waals surface area contributed by atoms with Crippen molar-refractivity contribution in [2.45, 2.75) is 42.4 Å². The molecule has 0 unspecified atom stereocenters. The lowest BCUT2D eigenvalue weighted by Gasteiger charge is -2.43. The number of nitrogens with zero attached hydrogens (tertiary/aromatic N) is 1. The molecule has 2 bridgehead atoms. The maximum absolute atomic E-state index is 13.4. The van der Waals surface area contributed by atoms with Gasteiger partial charge in [0.1, 0.15) is 0 Å². The number of carboxylic acids is 1. The number of carbonyl (C=O) groups excluding carboxylic acids is 2. The van der Waals surface area contributed by atoms with Crippen molar-refractivity contribution in [3.8, 4) is 0 Å². The number of hydrogen-bond acceptors (Lipinski definition) is 6. The average molecular weight is 485 g/mol. The number of thioether (sulfide) groups is 1.